The van der Waals surface area contributed by atoms with Crippen molar-refractivity contribution in [1.29, 1.82) is 0 Å². The summed E-state index contributed by atoms with van der Waals surface area (Å²) < 4.78 is 48.2. The number of alkyl halides is 3. The van der Waals surface area contributed by atoms with Gasteiger partial charge in [0, 0.05) is 5.56 Å². The molecule has 24 heavy (non-hydrogen) atoms. The van der Waals surface area contributed by atoms with Gasteiger partial charge in [0.05, 0.1) is 17.3 Å². The van der Waals surface area contributed by atoms with Gasteiger partial charge in [-0.25, -0.2) is 4.79 Å². The number of rotatable bonds is 3. The number of nitrogens with zero attached hydrogens (tertiary/aromatic N) is 1. The molecule has 0 amide bonds. The predicted octanol–water partition coefficient (Wildman–Crippen LogP) is 3.63. The van der Waals surface area contributed by atoms with Gasteiger partial charge in [-0.3, -0.25) is 0 Å². The van der Waals surface area contributed by atoms with E-state index in [9.17, 15) is 18.0 Å². The van der Waals surface area contributed by atoms with Crippen molar-refractivity contribution in [3.63, 3.8) is 0 Å². The second-order valence-corrected chi connectivity index (χ2v) is 4.80. The molecule has 0 N–H and O–H groups in total. The van der Waals surface area contributed by atoms with Gasteiger partial charge in [-0.15, -0.1) is 0 Å². The van der Waals surface area contributed by atoms with Gasteiger partial charge in [0.1, 0.15) is 0 Å². The van der Waals surface area contributed by atoms with E-state index in [0.29, 0.717) is 23.1 Å². The number of oxime groups is 1. The van der Waals surface area contributed by atoms with E-state index in [1.807, 2.05) is 0 Å². The zero-order valence-corrected chi connectivity index (χ0v) is 12.0. The van der Waals surface area contributed by atoms with E-state index in [4.69, 9.17) is 9.47 Å². The van der Waals surface area contributed by atoms with Crippen LogP contribution in [0.25, 0.3) is 0 Å². The van der Waals surface area contributed by atoms with Crippen molar-refractivity contribution < 1.29 is 32.3 Å². The largest absolute Gasteiger partial charge is 0.454 e. The normalized spacial score (nSPS) is 13.3. The van der Waals surface area contributed by atoms with E-state index in [0.717, 1.165) is 12.1 Å². The van der Waals surface area contributed by atoms with Crippen molar-refractivity contribution in [1.82, 2.24) is 0 Å². The molecule has 1 heterocycles. The number of carbonyl (C=O) groups is 1. The van der Waals surface area contributed by atoms with Gasteiger partial charge >= 0.3 is 12.1 Å². The Kier molecular flexibility index (Phi) is 4.11. The highest BCUT2D eigenvalue weighted by atomic mass is 19.4. The molecule has 2 aromatic rings. The fraction of sp³-hybridized carbons (Fsp3) is 0.125. The zero-order valence-electron chi connectivity index (χ0n) is 12.0. The van der Waals surface area contributed by atoms with Crippen LogP contribution in [-0.2, 0) is 11.0 Å². The summed E-state index contributed by atoms with van der Waals surface area (Å²) in [6, 6.07) is 8.87. The van der Waals surface area contributed by atoms with Crippen molar-refractivity contribution in [3.05, 3.63) is 59.2 Å². The minimum atomic E-state index is -4.54. The van der Waals surface area contributed by atoms with Gasteiger partial charge in [0.2, 0.25) is 6.79 Å². The van der Waals surface area contributed by atoms with E-state index in [2.05, 4.69) is 9.99 Å². The smallest absolute Gasteiger partial charge is 0.416 e. The topological polar surface area (TPSA) is 57.1 Å². The maximum Gasteiger partial charge on any atom is 0.416 e. The molecule has 0 atom stereocenters. The standard InChI is InChI=1S/C16H10F3NO4/c17-16(18,19)12-3-1-2-11(7-12)15(21)24-20-8-10-4-5-13-14(6-10)23-9-22-13/h1-8H,9H2/b20-8+. The van der Waals surface area contributed by atoms with Gasteiger partial charge in [-0.1, -0.05) is 11.2 Å². The summed E-state index contributed by atoms with van der Waals surface area (Å²) in [6.07, 6.45) is -3.29. The molecule has 0 spiro atoms. The van der Waals surface area contributed by atoms with Crippen molar-refractivity contribution in [3.8, 4) is 11.5 Å². The first-order valence-corrected chi connectivity index (χ1v) is 6.75. The van der Waals surface area contributed by atoms with Crippen LogP contribution in [0.4, 0.5) is 13.2 Å². The lowest BCUT2D eigenvalue weighted by Gasteiger charge is -2.07. The van der Waals surface area contributed by atoms with E-state index in [1.165, 1.54) is 12.3 Å². The SMILES string of the molecule is O=C(O/N=C/c1ccc2c(c1)OCO2)c1cccc(C(F)(F)F)c1. The molecule has 8 heteroatoms. The molecule has 0 aromatic heterocycles. The number of hydrogen-bond donors (Lipinski definition) is 0. The second kappa shape index (κ2) is 6.23. The average Bonchev–Trinajstić information content (AvgIpc) is 3.02. The Hall–Kier alpha value is -3.03. The molecule has 0 aliphatic carbocycles. The molecule has 0 saturated heterocycles. The van der Waals surface area contributed by atoms with E-state index >= 15 is 0 Å². The lowest BCUT2D eigenvalue weighted by atomic mass is 10.1. The molecule has 0 fully saturated rings. The number of fused-ring (bicyclic) bond motifs is 1. The van der Waals surface area contributed by atoms with E-state index in [1.54, 1.807) is 18.2 Å². The molecule has 2 aromatic carbocycles. The molecule has 1 aliphatic rings. The third-order valence-corrected chi connectivity index (χ3v) is 3.16. The Balaban J connectivity index is 1.67. The lowest BCUT2D eigenvalue weighted by Crippen LogP contribution is -2.08. The van der Waals surface area contributed by atoms with Crippen LogP contribution < -0.4 is 9.47 Å². The van der Waals surface area contributed by atoms with Crippen LogP contribution in [0.3, 0.4) is 0 Å². The minimum Gasteiger partial charge on any atom is -0.454 e. The Labute approximate surface area is 134 Å². The van der Waals surface area contributed by atoms with Crippen molar-refractivity contribution in [2.75, 3.05) is 6.79 Å². The molecule has 3 rings (SSSR count). The summed E-state index contributed by atoms with van der Waals surface area (Å²) in [7, 11) is 0. The fourth-order valence-corrected chi connectivity index (χ4v) is 2.00. The quantitative estimate of drug-likeness (QED) is 0.488. The summed E-state index contributed by atoms with van der Waals surface area (Å²) in [5.74, 6) is 0.134. The molecule has 0 unspecified atom stereocenters. The maximum atomic E-state index is 12.6. The van der Waals surface area contributed by atoms with Gasteiger partial charge in [0.25, 0.3) is 0 Å². The van der Waals surface area contributed by atoms with Crippen molar-refractivity contribution in [2.45, 2.75) is 6.18 Å². The summed E-state index contributed by atoms with van der Waals surface area (Å²) in [5.41, 5.74) is -0.597. The average molecular weight is 337 g/mol. The van der Waals surface area contributed by atoms with Crippen LogP contribution in [0.2, 0.25) is 0 Å². The van der Waals surface area contributed by atoms with E-state index in [-0.39, 0.29) is 12.4 Å². The van der Waals surface area contributed by atoms with Gasteiger partial charge in [0.15, 0.2) is 11.5 Å². The summed E-state index contributed by atoms with van der Waals surface area (Å²) >= 11 is 0. The second-order valence-electron chi connectivity index (χ2n) is 4.80. The highest BCUT2D eigenvalue weighted by Crippen LogP contribution is 2.32. The highest BCUT2D eigenvalue weighted by molar-refractivity contribution is 5.90. The molecule has 5 nitrogen and oxygen atoms in total. The minimum absolute atomic E-state index is 0.125. The number of carbonyl (C=O) groups excluding carboxylic acids is 1. The first-order chi connectivity index (χ1) is 11.4. The molecular weight excluding hydrogens is 327 g/mol. The number of hydrogen-bond acceptors (Lipinski definition) is 5. The van der Waals surface area contributed by atoms with Crippen LogP contribution >= 0.6 is 0 Å². The van der Waals surface area contributed by atoms with E-state index < -0.39 is 17.7 Å². The molecule has 124 valence electrons. The molecule has 0 saturated carbocycles. The Bertz CT molecular complexity index is 802. The predicted molar refractivity (Wildman–Crippen MR) is 77.0 cm³/mol. The van der Waals surface area contributed by atoms with Crippen molar-refractivity contribution >= 4 is 12.2 Å². The van der Waals surface area contributed by atoms with Crippen molar-refractivity contribution in [2.24, 2.45) is 5.16 Å². The van der Waals surface area contributed by atoms with Crippen LogP contribution in [0.1, 0.15) is 21.5 Å². The van der Waals surface area contributed by atoms with Crippen LogP contribution in [0.5, 0.6) is 11.5 Å². The molecule has 0 bridgehead atoms. The van der Waals surface area contributed by atoms with Gasteiger partial charge in [-0.05, 0) is 36.4 Å². The number of benzene rings is 2. The lowest BCUT2D eigenvalue weighted by molar-refractivity contribution is -0.137. The highest BCUT2D eigenvalue weighted by Gasteiger charge is 2.31. The van der Waals surface area contributed by atoms with Crippen LogP contribution in [0.15, 0.2) is 47.6 Å². The van der Waals surface area contributed by atoms with Gasteiger partial charge in [-0.2, -0.15) is 13.2 Å². The maximum absolute atomic E-state index is 12.6. The van der Waals surface area contributed by atoms with Crippen LogP contribution in [0, 0.1) is 0 Å². The molecule has 0 radical (unpaired) electrons. The number of halogens is 3. The first-order valence-electron chi connectivity index (χ1n) is 6.75. The summed E-state index contributed by atoms with van der Waals surface area (Å²) in [6.45, 7) is 0.125. The first kappa shape index (κ1) is 15.9. The Morgan fingerprint density at radius 3 is 2.71 bits per heavy atom. The Morgan fingerprint density at radius 2 is 1.92 bits per heavy atom. The third-order valence-electron chi connectivity index (χ3n) is 3.16. The molecular formula is C16H10F3NO4. The fourth-order valence-electron chi connectivity index (χ4n) is 2.00. The zero-order chi connectivity index (χ0) is 17.2. The van der Waals surface area contributed by atoms with Crippen LogP contribution in [-0.4, -0.2) is 19.0 Å². The Morgan fingerprint density at radius 1 is 1.12 bits per heavy atom. The molecule has 1 aliphatic heterocycles. The monoisotopic (exact) mass is 337 g/mol. The number of ether oxygens (including phenoxy) is 2. The van der Waals surface area contributed by atoms with Gasteiger partial charge < -0.3 is 14.3 Å². The summed E-state index contributed by atoms with van der Waals surface area (Å²) in [5, 5.41) is 3.48. The third kappa shape index (κ3) is 3.48. The summed E-state index contributed by atoms with van der Waals surface area (Å²) in [4.78, 5) is 16.4.